The van der Waals surface area contributed by atoms with Crippen molar-refractivity contribution in [1.82, 2.24) is 9.97 Å². The summed E-state index contributed by atoms with van der Waals surface area (Å²) in [4.78, 5) is 10.3. The number of thiophene rings is 1. The van der Waals surface area contributed by atoms with Crippen molar-refractivity contribution in [3.8, 4) is 67.3 Å². The molecule has 0 radical (unpaired) electrons. The zero-order valence-electron chi connectivity index (χ0n) is 28.8. The fourth-order valence-corrected chi connectivity index (χ4v) is 8.49. The normalized spacial score (nSPS) is 11.4. The van der Waals surface area contributed by atoms with E-state index in [1.165, 1.54) is 47.6 Å². The van der Waals surface area contributed by atoms with E-state index < -0.39 is 0 Å². The van der Waals surface area contributed by atoms with Crippen LogP contribution in [0.5, 0.6) is 0 Å². The molecule has 8 aromatic carbocycles. The summed E-state index contributed by atoms with van der Waals surface area (Å²) in [6.45, 7) is 0. The first-order valence-corrected chi connectivity index (χ1v) is 18.7. The van der Waals surface area contributed by atoms with Gasteiger partial charge < -0.3 is 0 Å². The van der Waals surface area contributed by atoms with Crippen molar-refractivity contribution < 1.29 is 0 Å². The van der Waals surface area contributed by atoms with Crippen LogP contribution in [0.2, 0.25) is 0 Å². The Morgan fingerprint density at radius 3 is 1.53 bits per heavy atom. The molecule has 0 saturated heterocycles. The molecule has 2 heterocycles. The van der Waals surface area contributed by atoms with E-state index in [0.29, 0.717) is 5.82 Å². The minimum atomic E-state index is 0.708. The lowest BCUT2D eigenvalue weighted by Crippen LogP contribution is -1.96. The third-order valence-electron chi connectivity index (χ3n) is 10.1. The molecule has 2 nitrogen and oxygen atoms in total. The van der Waals surface area contributed by atoms with Crippen LogP contribution in [0.4, 0.5) is 0 Å². The lowest BCUT2D eigenvalue weighted by Gasteiger charge is -2.14. The molecule has 0 atom stereocenters. The predicted octanol–water partition coefficient (Wildman–Crippen LogP) is 14.0. The van der Waals surface area contributed by atoms with Crippen molar-refractivity contribution in [3.05, 3.63) is 194 Å². The van der Waals surface area contributed by atoms with Gasteiger partial charge in [-0.3, -0.25) is 0 Å². The van der Waals surface area contributed by atoms with Gasteiger partial charge in [-0.2, -0.15) is 0 Å². The number of nitrogens with zero attached hydrogens (tertiary/aromatic N) is 2. The van der Waals surface area contributed by atoms with Crippen LogP contribution in [-0.2, 0) is 0 Å². The van der Waals surface area contributed by atoms with Gasteiger partial charge in [-0.15, -0.1) is 11.3 Å². The smallest absolute Gasteiger partial charge is 0.160 e. The highest BCUT2D eigenvalue weighted by molar-refractivity contribution is 7.26. The van der Waals surface area contributed by atoms with Crippen LogP contribution in [-0.4, -0.2) is 9.97 Å². The van der Waals surface area contributed by atoms with Crippen molar-refractivity contribution in [2.75, 3.05) is 0 Å². The van der Waals surface area contributed by atoms with E-state index in [0.717, 1.165) is 44.8 Å². The highest BCUT2D eigenvalue weighted by Crippen LogP contribution is 2.42. The molecule has 0 aliphatic heterocycles. The molecule has 0 unspecified atom stereocenters. The minimum Gasteiger partial charge on any atom is -0.228 e. The summed E-state index contributed by atoms with van der Waals surface area (Å²) in [5.41, 5.74) is 11.9. The molecule has 0 bridgehead atoms. The van der Waals surface area contributed by atoms with Gasteiger partial charge in [0.1, 0.15) is 0 Å². The lowest BCUT2D eigenvalue weighted by molar-refractivity contribution is 1.18. The SMILES string of the molecule is c1ccc(-c2ccc(-c3cc(-c4ccc5sc6ccc7ccccc7c6c5c4)cc(-c4cc(-c5ccccc5)nc(-c5ccccc5)n4)c3)cc2)cc1. The summed E-state index contributed by atoms with van der Waals surface area (Å²) in [6.07, 6.45) is 0. The molecular weight excluding hydrogens is 661 g/mol. The summed E-state index contributed by atoms with van der Waals surface area (Å²) >= 11 is 1.86. The zero-order chi connectivity index (χ0) is 35.1. The van der Waals surface area contributed by atoms with Gasteiger partial charge in [0.05, 0.1) is 11.4 Å². The van der Waals surface area contributed by atoms with Crippen LogP contribution in [0.15, 0.2) is 194 Å². The molecule has 0 spiro atoms. The molecule has 248 valence electrons. The van der Waals surface area contributed by atoms with Gasteiger partial charge in [0.2, 0.25) is 0 Å². The molecular formula is C50H32N2S. The Kier molecular flexibility index (Phi) is 7.71. The van der Waals surface area contributed by atoms with Crippen molar-refractivity contribution in [2.45, 2.75) is 0 Å². The number of fused-ring (bicyclic) bond motifs is 5. The summed E-state index contributed by atoms with van der Waals surface area (Å²) in [5, 5.41) is 5.18. The highest BCUT2D eigenvalue weighted by Gasteiger charge is 2.15. The van der Waals surface area contributed by atoms with E-state index in [9.17, 15) is 0 Å². The Balaban J connectivity index is 1.18. The Labute approximate surface area is 312 Å². The second kappa shape index (κ2) is 13.1. The van der Waals surface area contributed by atoms with Crippen LogP contribution in [0.1, 0.15) is 0 Å². The van der Waals surface area contributed by atoms with Gasteiger partial charge in [-0.1, -0.05) is 152 Å². The van der Waals surface area contributed by atoms with Crippen molar-refractivity contribution in [3.63, 3.8) is 0 Å². The lowest BCUT2D eigenvalue weighted by atomic mass is 9.93. The van der Waals surface area contributed by atoms with E-state index in [2.05, 4.69) is 170 Å². The van der Waals surface area contributed by atoms with Gasteiger partial charge in [-0.05, 0) is 86.6 Å². The summed E-state index contributed by atoms with van der Waals surface area (Å²) in [5.74, 6) is 0.708. The number of aromatic nitrogens is 2. The molecule has 0 amide bonds. The maximum absolute atomic E-state index is 5.23. The van der Waals surface area contributed by atoms with E-state index >= 15 is 0 Å². The van der Waals surface area contributed by atoms with E-state index in [4.69, 9.17) is 9.97 Å². The molecule has 0 fully saturated rings. The Hall–Kier alpha value is -6.68. The predicted molar refractivity (Wildman–Crippen MR) is 225 cm³/mol. The van der Waals surface area contributed by atoms with Gasteiger partial charge >= 0.3 is 0 Å². The highest BCUT2D eigenvalue weighted by atomic mass is 32.1. The maximum atomic E-state index is 5.23. The molecule has 10 rings (SSSR count). The molecule has 0 saturated carbocycles. The second-order valence-electron chi connectivity index (χ2n) is 13.4. The Morgan fingerprint density at radius 2 is 0.811 bits per heavy atom. The van der Waals surface area contributed by atoms with E-state index in [-0.39, 0.29) is 0 Å². The number of benzene rings is 8. The fraction of sp³-hybridized carbons (Fsp3) is 0. The quantitative estimate of drug-likeness (QED) is 0.173. The van der Waals surface area contributed by atoms with Crippen LogP contribution in [0, 0.1) is 0 Å². The molecule has 0 aliphatic carbocycles. The largest absolute Gasteiger partial charge is 0.228 e. The van der Waals surface area contributed by atoms with E-state index in [1.54, 1.807) is 0 Å². The van der Waals surface area contributed by atoms with Crippen molar-refractivity contribution in [2.24, 2.45) is 0 Å². The third-order valence-corrected chi connectivity index (χ3v) is 11.2. The van der Waals surface area contributed by atoms with Crippen LogP contribution >= 0.6 is 11.3 Å². The Bertz CT molecular complexity index is 2860. The molecule has 3 heteroatoms. The van der Waals surface area contributed by atoms with Crippen LogP contribution in [0.3, 0.4) is 0 Å². The average molecular weight is 693 g/mol. The summed E-state index contributed by atoms with van der Waals surface area (Å²) in [7, 11) is 0. The van der Waals surface area contributed by atoms with Gasteiger partial charge in [0.15, 0.2) is 5.82 Å². The average Bonchev–Trinajstić information content (AvgIpc) is 3.63. The van der Waals surface area contributed by atoms with Crippen molar-refractivity contribution in [1.29, 1.82) is 0 Å². The number of hydrogen-bond donors (Lipinski definition) is 0. The standard InChI is InChI=1S/C50H32N2S/c1-4-12-33(13-5-1)34-20-22-35(23-21-34)40-28-41(39-25-26-47-44(31-39)49-43-19-11-10-14-36(43)24-27-48(49)53-47)30-42(29-40)46-32-45(37-15-6-2-7-16-37)51-50(52-46)38-17-8-3-9-18-38/h1-32H. The molecule has 2 aromatic heterocycles. The topological polar surface area (TPSA) is 25.8 Å². The maximum Gasteiger partial charge on any atom is 0.160 e. The van der Waals surface area contributed by atoms with E-state index in [1.807, 2.05) is 35.6 Å². The monoisotopic (exact) mass is 692 g/mol. The number of rotatable bonds is 6. The zero-order valence-corrected chi connectivity index (χ0v) is 29.6. The number of hydrogen-bond acceptors (Lipinski definition) is 3. The van der Waals surface area contributed by atoms with Crippen molar-refractivity contribution >= 4 is 42.3 Å². The molecule has 0 aliphatic rings. The third kappa shape index (κ3) is 5.87. The van der Waals surface area contributed by atoms with Gasteiger partial charge in [0, 0.05) is 36.9 Å². The molecule has 10 aromatic rings. The first kappa shape index (κ1) is 31.1. The first-order valence-electron chi connectivity index (χ1n) is 17.9. The summed E-state index contributed by atoms with van der Waals surface area (Å²) < 4.78 is 2.61. The van der Waals surface area contributed by atoms with Gasteiger partial charge in [0.25, 0.3) is 0 Å². The van der Waals surface area contributed by atoms with Crippen LogP contribution < -0.4 is 0 Å². The molecule has 53 heavy (non-hydrogen) atoms. The fourth-order valence-electron chi connectivity index (χ4n) is 7.39. The van der Waals surface area contributed by atoms with Crippen LogP contribution in [0.25, 0.3) is 98.2 Å². The molecule has 0 N–H and O–H groups in total. The minimum absolute atomic E-state index is 0.708. The van der Waals surface area contributed by atoms with Gasteiger partial charge in [-0.25, -0.2) is 9.97 Å². The summed E-state index contributed by atoms with van der Waals surface area (Å²) in [6, 6.07) is 69.3. The Morgan fingerprint density at radius 1 is 0.302 bits per heavy atom. The second-order valence-corrected chi connectivity index (χ2v) is 14.5. The first-order chi connectivity index (χ1) is 26.2.